The van der Waals surface area contributed by atoms with Gasteiger partial charge in [-0.1, -0.05) is 17.7 Å². The molecule has 1 atom stereocenters. The lowest BCUT2D eigenvalue weighted by atomic mass is 10.2. The molecule has 0 fully saturated rings. The van der Waals surface area contributed by atoms with Gasteiger partial charge in [0.2, 0.25) is 10.0 Å². The Bertz CT molecular complexity index is 925. The fourth-order valence-electron chi connectivity index (χ4n) is 2.69. The van der Waals surface area contributed by atoms with Gasteiger partial charge in [-0.25, -0.2) is 8.42 Å². The van der Waals surface area contributed by atoms with E-state index in [1.165, 1.54) is 12.1 Å². The molecule has 0 saturated heterocycles. The Labute approximate surface area is 143 Å². The molecule has 0 amide bonds. The fourth-order valence-corrected chi connectivity index (χ4v) is 4.79. The highest BCUT2D eigenvalue weighted by Crippen LogP contribution is 2.30. The van der Waals surface area contributed by atoms with Gasteiger partial charge in [0.25, 0.3) is 0 Å². The number of carboxylic acids is 1. The molecule has 0 bridgehead atoms. The maximum absolute atomic E-state index is 13.0. The molecule has 3 rings (SSSR count). The van der Waals surface area contributed by atoms with Crippen LogP contribution in [0.4, 0.5) is 0 Å². The molecule has 1 aromatic carbocycles. The van der Waals surface area contributed by atoms with Crippen LogP contribution >= 0.6 is 11.6 Å². The van der Waals surface area contributed by atoms with Crippen molar-refractivity contribution in [3.8, 4) is 0 Å². The van der Waals surface area contributed by atoms with E-state index in [2.05, 4.69) is 10.2 Å². The number of benzene rings is 1. The summed E-state index contributed by atoms with van der Waals surface area (Å²) >= 11 is 6.08. The maximum atomic E-state index is 13.0. The largest absolute Gasteiger partial charge is 0.480 e. The summed E-state index contributed by atoms with van der Waals surface area (Å²) in [6.07, 6.45) is 0. The van der Waals surface area contributed by atoms with E-state index in [1.807, 2.05) is 0 Å². The topological polar surface area (TPSA) is 105 Å². The van der Waals surface area contributed by atoms with Gasteiger partial charge in [-0.05, 0) is 31.5 Å². The average molecular weight is 371 g/mol. The van der Waals surface area contributed by atoms with E-state index in [1.54, 1.807) is 24.5 Å². The minimum absolute atomic E-state index is 0.0494. The van der Waals surface area contributed by atoms with Crippen molar-refractivity contribution in [1.82, 2.24) is 19.1 Å². The molecule has 1 unspecified atom stereocenters. The third-order valence-corrected chi connectivity index (χ3v) is 6.31. The molecular formula is C14H15ClN4O4S. The second-order valence-corrected chi connectivity index (χ2v) is 7.88. The van der Waals surface area contributed by atoms with Crippen LogP contribution in [-0.2, 0) is 27.9 Å². The van der Waals surface area contributed by atoms with Crippen LogP contribution in [0.25, 0.3) is 0 Å². The number of hydrogen-bond acceptors (Lipinski definition) is 5. The smallest absolute Gasteiger partial charge is 0.323 e. The number of carboxylic acid groups (broad SMARTS) is 1. The quantitative estimate of drug-likeness (QED) is 0.870. The van der Waals surface area contributed by atoms with Gasteiger partial charge >= 0.3 is 5.97 Å². The number of hydrogen-bond donors (Lipinski definition) is 1. The molecule has 0 spiro atoms. The Balaban J connectivity index is 2.10. The summed E-state index contributed by atoms with van der Waals surface area (Å²) in [7, 11) is -4.10. The molecule has 2 heterocycles. The Hall–Kier alpha value is -1.97. The fraction of sp³-hybridized carbons (Fsp3) is 0.357. The van der Waals surface area contributed by atoms with E-state index >= 15 is 0 Å². The first-order valence-corrected chi connectivity index (χ1v) is 8.93. The van der Waals surface area contributed by atoms with Gasteiger partial charge < -0.3 is 9.67 Å². The van der Waals surface area contributed by atoms with Crippen molar-refractivity contribution in [2.75, 3.05) is 0 Å². The lowest BCUT2D eigenvalue weighted by Crippen LogP contribution is -2.50. The van der Waals surface area contributed by atoms with Gasteiger partial charge in [-0.15, -0.1) is 10.2 Å². The summed E-state index contributed by atoms with van der Waals surface area (Å²) in [5.74, 6) is -0.293. The monoisotopic (exact) mass is 370 g/mol. The standard InChI is InChI=1S/C14H15ClN4O4S/c1-8-3-4-12(10(15)5-8)24(22,23)19-7-13-17-16-9(2)18(13)6-11(19)14(20)21/h3-5,11H,6-7H2,1-2H3,(H,20,21). The summed E-state index contributed by atoms with van der Waals surface area (Å²) in [6, 6.07) is 3.28. The predicted octanol–water partition coefficient (Wildman–Crippen LogP) is 1.21. The number of aryl methyl sites for hydroxylation is 2. The Kier molecular flexibility index (Phi) is 4.10. The van der Waals surface area contributed by atoms with E-state index in [9.17, 15) is 18.3 Å². The first-order valence-electron chi connectivity index (χ1n) is 7.11. The number of sulfonamides is 1. The number of halogens is 1. The number of aliphatic carboxylic acids is 1. The molecule has 8 nitrogen and oxygen atoms in total. The highest BCUT2D eigenvalue weighted by atomic mass is 35.5. The van der Waals surface area contributed by atoms with Gasteiger partial charge in [-0.2, -0.15) is 4.31 Å². The molecule has 128 valence electrons. The van der Waals surface area contributed by atoms with Crippen LogP contribution in [0.1, 0.15) is 17.2 Å². The second-order valence-electron chi connectivity index (χ2n) is 5.61. The highest BCUT2D eigenvalue weighted by molar-refractivity contribution is 7.89. The zero-order valence-corrected chi connectivity index (χ0v) is 14.5. The highest BCUT2D eigenvalue weighted by Gasteiger charge is 2.41. The molecule has 1 N–H and O–H groups in total. The van der Waals surface area contributed by atoms with Crippen molar-refractivity contribution in [2.24, 2.45) is 0 Å². The molecule has 0 aliphatic carbocycles. The zero-order valence-electron chi connectivity index (χ0n) is 13.0. The van der Waals surface area contributed by atoms with E-state index in [0.29, 0.717) is 11.6 Å². The van der Waals surface area contributed by atoms with Gasteiger partial charge in [0.05, 0.1) is 18.1 Å². The van der Waals surface area contributed by atoms with E-state index in [-0.39, 0.29) is 23.0 Å². The lowest BCUT2D eigenvalue weighted by Gasteiger charge is -2.32. The van der Waals surface area contributed by atoms with Crippen LogP contribution in [-0.4, -0.2) is 44.6 Å². The first kappa shape index (κ1) is 16.9. The molecular weight excluding hydrogens is 356 g/mol. The van der Waals surface area contributed by atoms with Crippen molar-refractivity contribution >= 4 is 27.6 Å². The van der Waals surface area contributed by atoms with Gasteiger partial charge in [0.1, 0.15) is 22.6 Å². The second kappa shape index (κ2) is 5.83. The lowest BCUT2D eigenvalue weighted by molar-refractivity contribution is -0.142. The number of carbonyl (C=O) groups is 1. The Morgan fingerprint density at radius 3 is 2.67 bits per heavy atom. The van der Waals surface area contributed by atoms with Crippen molar-refractivity contribution in [2.45, 2.75) is 37.9 Å². The normalized spacial score (nSPS) is 18.4. The molecule has 1 aromatic heterocycles. The van der Waals surface area contributed by atoms with Crippen molar-refractivity contribution in [1.29, 1.82) is 0 Å². The molecule has 10 heteroatoms. The summed E-state index contributed by atoms with van der Waals surface area (Å²) in [5, 5.41) is 17.4. The molecule has 24 heavy (non-hydrogen) atoms. The maximum Gasteiger partial charge on any atom is 0.323 e. The van der Waals surface area contributed by atoms with Crippen LogP contribution in [0.3, 0.4) is 0 Å². The van der Waals surface area contributed by atoms with Crippen LogP contribution in [0, 0.1) is 13.8 Å². The third-order valence-electron chi connectivity index (χ3n) is 3.97. The average Bonchev–Trinajstić information content (AvgIpc) is 2.86. The number of rotatable bonds is 3. The summed E-state index contributed by atoms with van der Waals surface area (Å²) < 4.78 is 28.5. The Morgan fingerprint density at radius 2 is 2.04 bits per heavy atom. The van der Waals surface area contributed by atoms with E-state index in [0.717, 1.165) is 9.87 Å². The summed E-state index contributed by atoms with van der Waals surface area (Å²) in [6.45, 7) is 3.25. The van der Waals surface area contributed by atoms with Gasteiger partial charge in [0.15, 0.2) is 0 Å². The number of fused-ring (bicyclic) bond motifs is 1. The summed E-state index contributed by atoms with van der Waals surface area (Å²) in [4.78, 5) is 11.5. The van der Waals surface area contributed by atoms with Crippen molar-refractivity contribution in [3.05, 3.63) is 40.4 Å². The van der Waals surface area contributed by atoms with Crippen LogP contribution < -0.4 is 0 Å². The minimum Gasteiger partial charge on any atom is -0.480 e. The van der Waals surface area contributed by atoms with Crippen LogP contribution in [0.15, 0.2) is 23.1 Å². The first-order chi connectivity index (χ1) is 11.2. The van der Waals surface area contributed by atoms with Gasteiger partial charge in [0, 0.05) is 0 Å². The zero-order chi connectivity index (χ0) is 17.6. The predicted molar refractivity (Wildman–Crippen MR) is 85.1 cm³/mol. The molecule has 1 aliphatic heterocycles. The van der Waals surface area contributed by atoms with Crippen molar-refractivity contribution < 1.29 is 18.3 Å². The van der Waals surface area contributed by atoms with Crippen LogP contribution in [0.2, 0.25) is 5.02 Å². The van der Waals surface area contributed by atoms with E-state index in [4.69, 9.17) is 11.6 Å². The number of aromatic nitrogens is 3. The SMILES string of the molecule is Cc1ccc(S(=O)(=O)N2Cc3nnc(C)n3CC2C(=O)O)c(Cl)c1. The number of nitrogens with zero attached hydrogens (tertiary/aromatic N) is 4. The molecule has 0 radical (unpaired) electrons. The van der Waals surface area contributed by atoms with Crippen LogP contribution in [0.5, 0.6) is 0 Å². The minimum atomic E-state index is -4.10. The third kappa shape index (κ3) is 2.68. The molecule has 0 saturated carbocycles. The van der Waals surface area contributed by atoms with E-state index < -0.39 is 22.0 Å². The Morgan fingerprint density at radius 1 is 1.33 bits per heavy atom. The summed E-state index contributed by atoms with van der Waals surface area (Å²) in [5.41, 5.74) is 0.808. The molecule has 1 aliphatic rings. The van der Waals surface area contributed by atoms with Crippen molar-refractivity contribution in [3.63, 3.8) is 0 Å². The molecule has 2 aromatic rings. The van der Waals surface area contributed by atoms with Gasteiger partial charge in [-0.3, -0.25) is 4.79 Å².